The molecular weight excluding hydrogens is 905 g/mol. The molecule has 1 unspecified atom stereocenters. The van der Waals surface area contributed by atoms with E-state index >= 15 is 0 Å². The zero-order chi connectivity index (χ0) is 49.0. The van der Waals surface area contributed by atoms with Crippen molar-refractivity contribution in [1.82, 2.24) is 34.5 Å². The number of hydrogen-bond acceptors (Lipinski definition) is 7. The van der Waals surface area contributed by atoms with Crippen LogP contribution < -0.4 is 4.90 Å². The first-order valence-corrected chi connectivity index (χ1v) is 25.0. The maximum atomic E-state index is 4.99. The Hall–Kier alpha value is -9.92. The normalized spacial score (nSPS) is 13.8. The predicted molar refractivity (Wildman–Crippen MR) is 300 cm³/mol. The van der Waals surface area contributed by atoms with Gasteiger partial charge in [0.2, 0.25) is 0 Å². The van der Waals surface area contributed by atoms with Crippen LogP contribution in [-0.4, -0.2) is 40.5 Å². The Kier molecular flexibility index (Phi) is 10.5. The van der Waals surface area contributed by atoms with Crippen molar-refractivity contribution in [3.63, 3.8) is 0 Å². The van der Waals surface area contributed by atoms with Gasteiger partial charge in [-0.3, -0.25) is 0 Å². The average molecular weight is 949 g/mol. The molecule has 0 bridgehead atoms. The number of nitrogens with zero attached hydrogens (tertiary/aromatic N) is 8. The van der Waals surface area contributed by atoms with E-state index in [0.717, 1.165) is 62.2 Å². The molecule has 2 aliphatic rings. The molecule has 348 valence electrons. The molecule has 3 aromatic heterocycles. The molecule has 1 atom stereocenters. The summed E-state index contributed by atoms with van der Waals surface area (Å²) >= 11 is 0. The van der Waals surface area contributed by atoms with Gasteiger partial charge in [-0.2, -0.15) is 0 Å². The zero-order valence-electron chi connectivity index (χ0n) is 40.0. The van der Waals surface area contributed by atoms with Crippen LogP contribution in [-0.2, 0) is 0 Å². The number of benzene rings is 9. The number of anilines is 2. The van der Waals surface area contributed by atoms with E-state index in [1.807, 2.05) is 121 Å². The number of para-hydroxylation sites is 1. The maximum absolute atomic E-state index is 4.99. The van der Waals surface area contributed by atoms with Crippen LogP contribution in [0.4, 0.5) is 11.4 Å². The fraction of sp³-hybridized carbons (Fsp3) is 0.0303. The molecule has 1 aliphatic heterocycles. The molecule has 0 radical (unpaired) electrons. The Bertz CT molecular complexity index is 4020. The highest BCUT2D eigenvalue weighted by atomic mass is 15.2. The lowest BCUT2D eigenvalue weighted by molar-refractivity contribution is 0.829. The van der Waals surface area contributed by atoms with Gasteiger partial charge in [0.1, 0.15) is 0 Å². The van der Waals surface area contributed by atoms with E-state index in [1.54, 1.807) is 0 Å². The number of fused-ring (bicyclic) bond motifs is 6. The lowest BCUT2D eigenvalue weighted by Gasteiger charge is -2.28. The van der Waals surface area contributed by atoms with Crippen LogP contribution in [0.25, 0.3) is 113 Å². The molecule has 0 fully saturated rings. The SMILES string of the molecule is C1=CCC2C(=C1)c1cc(-c3ccc4c(c3)c3ccccc3n4-c3ccc(-c4nc(-c5ccccc5)nc(-c5ccccc5)n4)cc3)ccc1N2c1ccc(-c2nc(-c3ccccc3)nc(-c3ccccc3)n2)cc1. The molecule has 9 aromatic carbocycles. The van der Waals surface area contributed by atoms with Gasteiger partial charge in [0, 0.05) is 66.8 Å². The van der Waals surface area contributed by atoms with Gasteiger partial charge in [-0.05, 0) is 102 Å². The Morgan fingerprint density at radius 3 is 1.26 bits per heavy atom. The largest absolute Gasteiger partial charge is 0.333 e. The minimum absolute atomic E-state index is 0.177. The molecular formula is C66H44N8. The monoisotopic (exact) mass is 948 g/mol. The third-order valence-electron chi connectivity index (χ3n) is 14.2. The van der Waals surface area contributed by atoms with Gasteiger partial charge in [-0.15, -0.1) is 0 Å². The second-order valence-electron chi connectivity index (χ2n) is 18.7. The van der Waals surface area contributed by atoms with Gasteiger partial charge < -0.3 is 9.47 Å². The Balaban J connectivity index is 0.793. The second kappa shape index (κ2) is 18.0. The van der Waals surface area contributed by atoms with Crippen LogP contribution in [0.3, 0.4) is 0 Å². The van der Waals surface area contributed by atoms with Gasteiger partial charge in [0.15, 0.2) is 34.9 Å². The van der Waals surface area contributed by atoms with Crippen LogP contribution in [0, 0.1) is 0 Å². The molecule has 0 saturated carbocycles. The second-order valence-corrected chi connectivity index (χ2v) is 18.7. The summed E-state index contributed by atoms with van der Waals surface area (Å²) in [4.78, 5) is 32.2. The van der Waals surface area contributed by atoms with Crippen LogP contribution in [0.15, 0.2) is 249 Å². The molecule has 8 heteroatoms. The molecule has 0 N–H and O–H groups in total. The van der Waals surface area contributed by atoms with Crippen molar-refractivity contribution in [1.29, 1.82) is 0 Å². The van der Waals surface area contributed by atoms with Crippen molar-refractivity contribution < 1.29 is 0 Å². The van der Waals surface area contributed by atoms with Crippen molar-refractivity contribution in [3.05, 3.63) is 254 Å². The first-order valence-electron chi connectivity index (χ1n) is 25.0. The highest BCUT2D eigenvalue weighted by molar-refractivity contribution is 6.10. The fourth-order valence-electron chi connectivity index (χ4n) is 10.6. The highest BCUT2D eigenvalue weighted by Crippen LogP contribution is 2.49. The number of rotatable bonds is 9. The van der Waals surface area contributed by atoms with E-state index in [4.69, 9.17) is 29.9 Å². The molecule has 8 nitrogen and oxygen atoms in total. The van der Waals surface area contributed by atoms with Crippen molar-refractivity contribution >= 4 is 38.8 Å². The molecule has 14 rings (SSSR count). The first kappa shape index (κ1) is 42.9. The van der Waals surface area contributed by atoms with Crippen molar-refractivity contribution in [2.45, 2.75) is 12.5 Å². The first-order chi connectivity index (χ1) is 36.7. The maximum Gasteiger partial charge on any atom is 0.164 e. The van der Waals surface area contributed by atoms with E-state index < -0.39 is 0 Å². The summed E-state index contributed by atoms with van der Waals surface area (Å²) in [6.45, 7) is 0. The summed E-state index contributed by atoms with van der Waals surface area (Å²) in [5.74, 6) is 3.85. The molecule has 74 heavy (non-hydrogen) atoms. The Morgan fingerprint density at radius 2 is 0.743 bits per heavy atom. The summed E-state index contributed by atoms with van der Waals surface area (Å²) in [7, 11) is 0. The fourth-order valence-corrected chi connectivity index (χ4v) is 10.6. The zero-order valence-corrected chi connectivity index (χ0v) is 40.0. The predicted octanol–water partition coefficient (Wildman–Crippen LogP) is 15.7. The molecule has 12 aromatic rings. The van der Waals surface area contributed by atoms with E-state index in [1.165, 1.54) is 38.7 Å². The van der Waals surface area contributed by atoms with Crippen LogP contribution in [0.2, 0.25) is 0 Å². The minimum Gasteiger partial charge on any atom is -0.333 e. The van der Waals surface area contributed by atoms with Crippen molar-refractivity contribution in [2.75, 3.05) is 4.90 Å². The van der Waals surface area contributed by atoms with E-state index in [9.17, 15) is 0 Å². The molecule has 1 aliphatic carbocycles. The van der Waals surface area contributed by atoms with Crippen LogP contribution in [0.5, 0.6) is 0 Å². The molecule has 0 saturated heterocycles. The minimum atomic E-state index is 0.177. The van der Waals surface area contributed by atoms with Gasteiger partial charge in [0.05, 0.1) is 17.1 Å². The van der Waals surface area contributed by atoms with Gasteiger partial charge in [-0.1, -0.05) is 170 Å². The van der Waals surface area contributed by atoms with Gasteiger partial charge >= 0.3 is 0 Å². The topological polar surface area (TPSA) is 85.5 Å². The summed E-state index contributed by atoms with van der Waals surface area (Å²) < 4.78 is 2.36. The van der Waals surface area contributed by atoms with Crippen molar-refractivity contribution in [2.24, 2.45) is 0 Å². The summed E-state index contributed by atoms with van der Waals surface area (Å²) in [6, 6.07) is 80.4. The van der Waals surface area contributed by atoms with Crippen LogP contribution in [0.1, 0.15) is 12.0 Å². The van der Waals surface area contributed by atoms with E-state index in [2.05, 4.69) is 137 Å². The smallest absolute Gasteiger partial charge is 0.164 e. The Morgan fingerprint density at radius 1 is 0.338 bits per heavy atom. The summed E-state index contributed by atoms with van der Waals surface area (Å²) in [5, 5.41) is 2.40. The number of aromatic nitrogens is 7. The third kappa shape index (κ3) is 7.64. The van der Waals surface area contributed by atoms with Crippen LogP contribution >= 0.6 is 0 Å². The quantitative estimate of drug-likeness (QED) is 0.142. The molecule has 0 amide bonds. The van der Waals surface area contributed by atoms with Gasteiger partial charge in [-0.25, -0.2) is 29.9 Å². The summed E-state index contributed by atoms with van der Waals surface area (Å²) in [5.41, 5.74) is 16.2. The van der Waals surface area contributed by atoms with Crippen molar-refractivity contribution in [3.8, 4) is 85.1 Å². The standard InChI is InChI=1S/C66H44N8/c1-5-17-43(18-6-1)61-67-62(44-19-7-2-8-20-44)70-65(69-61)47-29-35-51(36-30-47)73-57-27-15-13-25-53(57)55-41-49(33-39-59(55)73)50-34-40-60-56(42-50)54-26-14-16-28-58(54)74(60)52-37-31-48(32-38-52)66-71-63(45-21-9-3-10-22-45)68-64(72-66)46-23-11-4-12-24-46/h1-27,29-42,58H,28H2. The lowest BCUT2D eigenvalue weighted by Crippen LogP contribution is -2.27. The average Bonchev–Trinajstić information content (AvgIpc) is 4.02. The Labute approximate surface area is 428 Å². The van der Waals surface area contributed by atoms with E-state index in [-0.39, 0.29) is 6.04 Å². The van der Waals surface area contributed by atoms with E-state index in [0.29, 0.717) is 34.9 Å². The highest BCUT2D eigenvalue weighted by Gasteiger charge is 2.35. The molecule has 0 spiro atoms. The lowest BCUT2D eigenvalue weighted by atomic mass is 9.93. The number of allylic oxidation sites excluding steroid dienone is 2. The van der Waals surface area contributed by atoms with Gasteiger partial charge in [0.25, 0.3) is 0 Å². The number of hydrogen-bond donors (Lipinski definition) is 0. The third-order valence-corrected chi connectivity index (χ3v) is 14.2. The molecule has 4 heterocycles. The summed E-state index contributed by atoms with van der Waals surface area (Å²) in [6.07, 6.45) is 7.68.